The molecule has 0 aromatic heterocycles. The van der Waals surface area contributed by atoms with E-state index in [0.717, 1.165) is 0 Å². The van der Waals surface area contributed by atoms with E-state index in [1.807, 2.05) is 21.1 Å². The summed E-state index contributed by atoms with van der Waals surface area (Å²) in [7, 11) is 5.72. The van der Waals surface area contributed by atoms with E-state index in [2.05, 4.69) is 9.98 Å². The number of aliphatic carboxylic acids is 1. The number of carbonyl (C=O) groups is 2. The Morgan fingerprint density at radius 1 is 1.43 bits per heavy atom. The number of primary amides is 1. The van der Waals surface area contributed by atoms with Gasteiger partial charge >= 0.3 is 5.97 Å². The van der Waals surface area contributed by atoms with Crippen LogP contribution in [0.5, 0.6) is 0 Å². The fourth-order valence-corrected chi connectivity index (χ4v) is 2.21. The van der Waals surface area contributed by atoms with Gasteiger partial charge in [-0.2, -0.15) is 0 Å². The molecule has 0 fully saturated rings. The quantitative estimate of drug-likeness (QED) is 0.495. The molecule has 8 nitrogen and oxygen atoms in total. The predicted octanol–water partition coefficient (Wildman–Crippen LogP) is -1.02. The zero-order chi connectivity index (χ0) is 16.2. The highest BCUT2D eigenvalue weighted by atomic mass is 16.4. The lowest BCUT2D eigenvalue weighted by Gasteiger charge is -2.31. The zero-order valence-electron chi connectivity index (χ0n) is 12.7. The largest absolute Gasteiger partial charge is 0.480 e. The number of carbonyl (C=O) groups excluding carboxylic acids is 1. The summed E-state index contributed by atoms with van der Waals surface area (Å²) >= 11 is 0. The fraction of sp³-hybridized carbons (Fsp3) is 0.692. The highest BCUT2D eigenvalue weighted by Gasteiger charge is 2.30. The zero-order valence-corrected chi connectivity index (χ0v) is 12.7. The summed E-state index contributed by atoms with van der Waals surface area (Å²) in [4.78, 5) is 30.7. The Hall–Kier alpha value is -1.80. The van der Waals surface area contributed by atoms with Crippen LogP contribution in [0, 0.1) is 0 Å². The average Bonchev–Trinajstić information content (AvgIpc) is 2.74. The average molecular weight is 298 g/mol. The molecule has 3 atom stereocenters. The molecule has 1 rings (SSSR count). The summed E-state index contributed by atoms with van der Waals surface area (Å²) in [5.74, 6) is -0.794. The number of hydrogen-bond donors (Lipinski definition) is 3. The Balaban J connectivity index is 2.55. The SMILES string of the molecule is C[N+](C)(C)C(CCC1=NC(CC(N)C(=O)O)C=N1)C(N)=O. The Labute approximate surface area is 124 Å². The maximum Gasteiger partial charge on any atom is 0.320 e. The summed E-state index contributed by atoms with van der Waals surface area (Å²) < 4.78 is 0.444. The summed E-state index contributed by atoms with van der Waals surface area (Å²) in [6.45, 7) is 0. The van der Waals surface area contributed by atoms with Gasteiger partial charge in [-0.1, -0.05) is 0 Å². The molecule has 0 radical (unpaired) electrons. The lowest BCUT2D eigenvalue weighted by Crippen LogP contribution is -2.52. The van der Waals surface area contributed by atoms with E-state index < -0.39 is 12.0 Å². The first-order chi connectivity index (χ1) is 9.61. The highest BCUT2D eigenvalue weighted by molar-refractivity contribution is 5.96. The van der Waals surface area contributed by atoms with Gasteiger partial charge in [-0.25, -0.2) is 4.99 Å². The van der Waals surface area contributed by atoms with Gasteiger partial charge in [0.15, 0.2) is 6.04 Å². The number of carboxylic acid groups (broad SMARTS) is 1. The first-order valence-corrected chi connectivity index (χ1v) is 6.81. The van der Waals surface area contributed by atoms with Crippen LogP contribution in [0.15, 0.2) is 9.98 Å². The monoisotopic (exact) mass is 298 g/mol. The van der Waals surface area contributed by atoms with Gasteiger partial charge in [0.1, 0.15) is 11.9 Å². The third-order valence-electron chi connectivity index (χ3n) is 3.43. The van der Waals surface area contributed by atoms with Crippen molar-refractivity contribution in [2.45, 2.75) is 37.4 Å². The second kappa shape index (κ2) is 6.77. The first kappa shape index (κ1) is 17.3. The van der Waals surface area contributed by atoms with E-state index >= 15 is 0 Å². The van der Waals surface area contributed by atoms with E-state index in [-0.39, 0.29) is 24.4 Å². The first-order valence-electron chi connectivity index (χ1n) is 6.81. The van der Waals surface area contributed by atoms with Crippen LogP contribution in [-0.4, -0.2) is 72.8 Å². The molecule has 0 aliphatic carbocycles. The molecule has 0 spiro atoms. The van der Waals surface area contributed by atoms with E-state index in [0.29, 0.717) is 23.2 Å². The topological polar surface area (TPSA) is 131 Å². The molecule has 0 saturated carbocycles. The molecule has 8 heteroatoms. The number of aliphatic imine (C=N–C) groups is 2. The van der Waals surface area contributed by atoms with Crippen molar-refractivity contribution in [1.82, 2.24) is 0 Å². The fourth-order valence-electron chi connectivity index (χ4n) is 2.21. The number of quaternary nitrogens is 1. The molecular weight excluding hydrogens is 274 g/mol. The number of nitrogens with zero attached hydrogens (tertiary/aromatic N) is 3. The summed E-state index contributed by atoms with van der Waals surface area (Å²) in [6.07, 6.45) is 2.89. The van der Waals surface area contributed by atoms with Crippen LogP contribution in [0.3, 0.4) is 0 Å². The van der Waals surface area contributed by atoms with E-state index in [4.69, 9.17) is 16.6 Å². The van der Waals surface area contributed by atoms with Gasteiger partial charge in [0.2, 0.25) is 0 Å². The maximum atomic E-state index is 11.5. The molecule has 21 heavy (non-hydrogen) atoms. The van der Waals surface area contributed by atoms with Crippen molar-refractivity contribution in [1.29, 1.82) is 0 Å². The minimum absolute atomic E-state index is 0.219. The third-order valence-corrected chi connectivity index (χ3v) is 3.43. The van der Waals surface area contributed by atoms with E-state index in [1.54, 1.807) is 6.21 Å². The van der Waals surface area contributed by atoms with Gasteiger partial charge in [-0.3, -0.25) is 14.6 Å². The number of amides is 1. The van der Waals surface area contributed by atoms with Crippen molar-refractivity contribution >= 4 is 23.9 Å². The molecule has 1 amide bonds. The molecule has 0 aromatic rings. The summed E-state index contributed by atoms with van der Waals surface area (Å²) in [5.41, 5.74) is 10.9. The van der Waals surface area contributed by atoms with Crippen LogP contribution in [0.25, 0.3) is 0 Å². The van der Waals surface area contributed by atoms with E-state index in [9.17, 15) is 9.59 Å². The molecular formula is C13H24N5O3+. The predicted molar refractivity (Wildman–Crippen MR) is 80.2 cm³/mol. The molecule has 1 heterocycles. The Kier molecular flexibility index (Phi) is 5.56. The second-order valence-corrected chi connectivity index (χ2v) is 6.14. The van der Waals surface area contributed by atoms with Crippen LogP contribution in [0.1, 0.15) is 19.3 Å². The molecule has 3 unspecified atom stereocenters. The Bertz CT molecular complexity index is 467. The molecule has 1 aliphatic heterocycles. The molecule has 0 aromatic carbocycles. The molecule has 0 bridgehead atoms. The Morgan fingerprint density at radius 3 is 2.52 bits per heavy atom. The summed E-state index contributed by atoms with van der Waals surface area (Å²) in [5, 5.41) is 8.76. The normalized spacial score (nSPS) is 21.0. The van der Waals surface area contributed by atoms with Gasteiger partial charge in [-0.05, 0) is 0 Å². The van der Waals surface area contributed by atoms with Gasteiger partial charge in [0.05, 0.1) is 27.2 Å². The van der Waals surface area contributed by atoms with Gasteiger partial charge in [-0.15, -0.1) is 0 Å². The molecule has 118 valence electrons. The van der Waals surface area contributed by atoms with Crippen LogP contribution >= 0.6 is 0 Å². The van der Waals surface area contributed by atoms with Gasteiger partial charge in [0, 0.05) is 25.5 Å². The standard InChI is InChI=1S/C13H23N5O3/c1-18(2,3)10(12(15)19)4-5-11-16-7-8(17-11)6-9(14)13(20)21/h7-10H,4-6,14H2,1-3H3,(H2-,15,19,20,21)/p+1. The van der Waals surface area contributed by atoms with Crippen molar-refractivity contribution in [3.05, 3.63) is 0 Å². The van der Waals surface area contributed by atoms with Gasteiger partial charge in [0.25, 0.3) is 5.91 Å². The Morgan fingerprint density at radius 2 is 2.05 bits per heavy atom. The van der Waals surface area contributed by atoms with Crippen LogP contribution in [0.2, 0.25) is 0 Å². The van der Waals surface area contributed by atoms with E-state index in [1.165, 1.54) is 0 Å². The smallest absolute Gasteiger partial charge is 0.320 e. The molecule has 1 aliphatic rings. The van der Waals surface area contributed by atoms with Crippen LogP contribution < -0.4 is 11.5 Å². The van der Waals surface area contributed by atoms with Crippen molar-refractivity contribution in [3.8, 4) is 0 Å². The van der Waals surface area contributed by atoms with Crippen molar-refractivity contribution in [2.75, 3.05) is 21.1 Å². The third kappa shape index (κ3) is 5.24. The maximum absolute atomic E-state index is 11.5. The number of nitrogens with two attached hydrogens (primary N) is 2. The van der Waals surface area contributed by atoms with Crippen molar-refractivity contribution in [2.24, 2.45) is 21.5 Å². The number of carboxylic acids is 1. The number of rotatable bonds is 8. The van der Waals surface area contributed by atoms with Crippen LogP contribution in [-0.2, 0) is 9.59 Å². The molecule has 5 N–H and O–H groups in total. The number of hydrogen-bond acceptors (Lipinski definition) is 5. The lowest BCUT2D eigenvalue weighted by molar-refractivity contribution is -0.886. The van der Waals surface area contributed by atoms with Crippen molar-refractivity contribution < 1.29 is 19.2 Å². The second-order valence-electron chi connectivity index (χ2n) is 6.14. The van der Waals surface area contributed by atoms with Gasteiger partial charge < -0.3 is 21.1 Å². The number of likely N-dealkylation sites (N-methyl/N-ethyl adjacent to an activating group) is 1. The van der Waals surface area contributed by atoms with Crippen LogP contribution in [0.4, 0.5) is 0 Å². The summed E-state index contributed by atoms with van der Waals surface area (Å²) in [6, 6.07) is -1.57. The highest BCUT2D eigenvalue weighted by Crippen LogP contribution is 2.14. The molecule has 0 saturated heterocycles. The van der Waals surface area contributed by atoms with Crippen molar-refractivity contribution in [3.63, 3.8) is 0 Å². The number of amidine groups is 1. The minimum Gasteiger partial charge on any atom is -0.480 e. The lowest BCUT2D eigenvalue weighted by atomic mass is 10.1. The minimum atomic E-state index is -1.05.